The van der Waals surface area contributed by atoms with E-state index in [1.807, 2.05) is 0 Å². The SMILES string of the molecule is COC(=O)c1cc(C(=O)O)c(C(=O)O)[nH]1. The van der Waals surface area contributed by atoms with Gasteiger partial charge in [0, 0.05) is 0 Å². The van der Waals surface area contributed by atoms with Crippen LogP contribution in [0.5, 0.6) is 0 Å². The van der Waals surface area contributed by atoms with Crippen LogP contribution in [-0.2, 0) is 4.74 Å². The van der Waals surface area contributed by atoms with Gasteiger partial charge in [0.25, 0.3) is 0 Å². The summed E-state index contributed by atoms with van der Waals surface area (Å²) in [6, 6.07) is 0.914. The maximum Gasteiger partial charge on any atom is 0.354 e. The zero-order valence-electron chi connectivity index (χ0n) is 7.60. The minimum Gasteiger partial charge on any atom is -0.478 e. The highest BCUT2D eigenvalue weighted by Gasteiger charge is 2.22. The lowest BCUT2D eigenvalue weighted by molar-refractivity contribution is 0.0594. The van der Waals surface area contributed by atoms with Crippen LogP contribution in [0.15, 0.2) is 6.07 Å². The molecule has 80 valence electrons. The molecule has 0 unspecified atom stereocenters. The van der Waals surface area contributed by atoms with Crippen molar-refractivity contribution in [2.75, 3.05) is 7.11 Å². The molecule has 1 aromatic rings. The number of carbonyl (C=O) groups is 3. The van der Waals surface area contributed by atoms with Crippen LogP contribution in [0.2, 0.25) is 0 Å². The fourth-order valence-electron chi connectivity index (χ4n) is 1.01. The summed E-state index contributed by atoms with van der Waals surface area (Å²) in [5.41, 5.74) is -1.25. The Kier molecular flexibility index (Phi) is 2.75. The summed E-state index contributed by atoms with van der Waals surface area (Å²) < 4.78 is 4.31. The summed E-state index contributed by atoms with van der Waals surface area (Å²) in [7, 11) is 1.10. The average molecular weight is 213 g/mol. The van der Waals surface area contributed by atoms with E-state index in [-0.39, 0.29) is 5.69 Å². The number of carboxylic acids is 2. The van der Waals surface area contributed by atoms with Crippen molar-refractivity contribution >= 4 is 17.9 Å². The maximum atomic E-state index is 11.0. The second-order valence-corrected chi connectivity index (χ2v) is 2.57. The molecular weight excluding hydrogens is 206 g/mol. The van der Waals surface area contributed by atoms with Crippen molar-refractivity contribution in [3.05, 3.63) is 23.0 Å². The highest BCUT2D eigenvalue weighted by Crippen LogP contribution is 2.12. The molecule has 3 N–H and O–H groups in total. The number of carboxylic acid groups (broad SMARTS) is 2. The lowest BCUT2D eigenvalue weighted by atomic mass is 10.2. The van der Waals surface area contributed by atoms with E-state index >= 15 is 0 Å². The number of H-pyrrole nitrogens is 1. The fraction of sp³-hybridized carbons (Fsp3) is 0.125. The first-order chi connectivity index (χ1) is 6.97. The highest BCUT2D eigenvalue weighted by atomic mass is 16.5. The van der Waals surface area contributed by atoms with Gasteiger partial charge in [0.15, 0.2) is 0 Å². The number of hydrogen-bond acceptors (Lipinski definition) is 4. The molecule has 0 fully saturated rings. The van der Waals surface area contributed by atoms with E-state index in [1.54, 1.807) is 0 Å². The largest absolute Gasteiger partial charge is 0.478 e. The average Bonchev–Trinajstić information content (AvgIpc) is 2.61. The van der Waals surface area contributed by atoms with Gasteiger partial charge < -0.3 is 19.9 Å². The lowest BCUT2D eigenvalue weighted by Gasteiger charge is -1.92. The number of aromatic nitrogens is 1. The van der Waals surface area contributed by atoms with Gasteiger partial charge in [-0.3, -0.25) is 0 Å². The molecule has 0 bridgehead atoms. The van der Waals surface area contributed by atoms with E-state index in [9.17, 15) is 14.4 Å². The van der Waals surface area contributed by atoms with E-state index in [2.05, 4.69) is 9.72 Å². The molecular formula is C8H7NO6. The molecule has 0 radical (unpaired) electrons. The number of nitrogens with one attached hydrogen (secondary N) is 1. The van der Waals surface area contributed by atoms with Gasteiger partial charge in [0.05, 0.1) is 12.7 Å². The Bertz CT molecular complexity index is 401. The van der Waals surface area contributed by atoms with Gasteiger partial charge in [-0.05, 0) is 6.07 Å². The minimum atomic E-state index is -1.46. The van der Waals surface area contributed by atoms with Crippen molar-refractivity contribution in [3.8, 4) is 0 Å². The first-order valence-corrected chi connectivity index (χ1v) is 3.75. The lowest BCUT2D eigenvalue weighted by Crippen LogP contribution is -2.06. The molecule has 0 aliphatic carbocycles. The molecule has 1 aromatic heterocycles. The number of esters is 1. The van der Waals surface area contributed by atoms with Gasteiger partial charge in [-0.25, -0.2) is 14.4 Å². The third-order valence-corrected chi connectivity index (χ3v) is 1.67. The van der Waals surface area contributed by atoms with E-state index in [0.29, 0.717) is 0 Å². The maximum absolute atomic E-state index is 11.0. The van der Waals surface area contributed by atoms with E-state index in [0.717, 1.165) is 13.2 Å². The second kappa shape index (κ2) is 3.82. The Hall–Kier alpha value is -2.31. The molecule has 7 nitrogen and oxygen atoms in total. The predicted octanol–water partition coefficient (Wildman–Crippen LogP) is 0.198. The summed E-state index contributed by atoms with van der Waals surface area (Å²) in [5, 5.41) is 17.3. The summed E-state index contributed by atoms with van der Waals surface area (Å²) in [4.78, 5) is 34.4. The number of rotatable bonds is 3. The summed E-state index contributed by atoms with van der Waals surface area (Å²) >= 11 is 0. The zero-order valence-corrected chi connectivity index (χ0v) is 7.60. The molecule has 1 rings (SSSR count). The van der Waals surface area contributed by atoms with Gasteiger partial charge >= 0.3 is 17.9 Å². The normalized spacial score (nSPS) is 9.67. The van der Waals surface area contributed by atoms with Crippen LogP contribution in [-0.4, -0.2) is 40.2 Å². The van der Waals surface area contributed by atoms with Crippen molar-refractivity contribution in [1.82, 2.24) is 4.98 Å². The van der Waals surface area contributed by atoms with E-state index < -0.39 is 29.2 Å². The summed E-state index contributed by atoms with van der Waals surface area (Å²) in [5.74, 6) is -3.72. The third-order valence-electron chi connectivity index (χ3n) is 1.67. The van der Waals surface area contributed by atoms with Crippen LogP contribution >= 0.6 is 0 Å². The first kappa shape index (κ1) is 10.8. The Morgan fingerprint density at radius 3 is 2.20 bits per heavy atom. The highest BCUT2D eigenvalue weighted by molar-refractivity contribution is 6.03. The van der Waals surface area contributed by atoms with Crippen LogP contribution in [0.4, 0.5) is 0 Å². The number of methoxy groups -OCH3 is 1. The molecule has 0 saturated heterocycles. The van der Waals surface area contributed by atoms with Crippen LogP contribution in [0.25, 0.3) is 0 Å². The second-order valence-electron chi connectivity index (χ2n) is 2.57. The molecule has 0 amide bonds. The van der Waals surface area contributed by atoms with Crippen molar-refractivity contribution in [2.45, 2.75) is 0 Å². The smallest absolute Gasteiger partial charge is 0.354 e. The number of ether oxygens (including phenoxy) is 1. The van der Waals surface area contributed by atoms with E-state index in [4.69, 9.17) is 10.2 Å². The molecule has 0 saturated carbocycles. The van der Waals surface area contributed by atoms with Gasteiger partial charge in [0.2, 0.25) is 0 Å². The monoisotopic (exact) mass is 213 g/mol. The molecule has 1 heterocycles. The van der Waals surface area contributed by atoms with Crippen LogP contribution in [0, 0.1) is 0 Å². The van der Waals surface area contributed by atoms with Crippen molar-refractivity contribution < 1.29 is 29.3 Å². The Balaban J connectivity index is 3.27. The van der Waals surface area contributed by atoms with Crippen molar-refractivity contribution in [1.29, 1.82) is 0 Å². The first-order valence-electron chi connectivity index (χ1n) is 3.75. The molecule has 0 aromatic carbocycles. The fourth-order valence-corrected chi connectivity index (χ4v) is 1.01. The molecule has 7 heteroatoms. The summed E-state index contributed by atoms with van der Waals surface area (Å²) in [6.07, 6.45) is 0. The van der Waals surface area contributed by atoms with Crippen molar-refractivity contribution in [3.63, 3.8) is 0 Å². The predicted molar refractivity (Wildman–Crippen MR) is 46.1 cm³/mol. The number of hydrogen-bond donors (Lipinski definition) is 3. The van der Waals surface area contributed by atoms with E-state index in [1.165, 1.54) is 0 Å². The Morgan fingerprint density at radius 2 is 1.87 bits per heavy atom. The van der Waals surface area contributed by atoms with Crippen LogP contribution in [0.3, 0.4) is 0 Å². The van der Waals surface area contributed by atoms with Crippen LogP contribution in [0.1, 0.15) is 31.3 Å². The molecule has 0 aliphatic rings. The standard InChI is InChI=1S/C8H7NO6/c1-15-8(14)4-2-3(6(10)11)5(9-4)7(12)13/h2,9H,1H3,(H,10,11)(H,12,13). The van der Waals surface area contributed by atoms with Crippen molar-refractivity contribution in [2.24, 2.45) is 0 Å². The van der Waals surface area contributed by atoms with Gasteiger partial charge in [0.1, 0.15) is 11.4 Å². The molecule has 15 heavy (non-hydrogen) atoms. The number of aromatic carboxylic acids is 2. The molecule has 0 atom stereocenters. The third kappa shape index (κ3) is 1.96. The summed E-state index contributed by atoms with van der Waals surface area (Å²) in [6.45, 7) is 0. The van der Waals surface area contributed by atoms with Gasteiger partial charge in [-0.15, -0.1) is 0 Å². The zero-order chi connectivity index (χ0) is 11.6. The topological polar surface area (TPSA) is 117 Å². The Morgan fingerprint density at radius 1 is 1.27 bits per heavy atom. The van der Waals surface area contributed by atoms with Gasteiger partial charge in [-0.2, -0.15) is 0 Å². The Labute approximate surface area is 83.3 Å². The number of aromatic amines is 1. The number of carbonyl (C=O) groups excluding carboxylic acids is 1. The quantitative estimate of drug-likeness (QED) is 0.617. The van der Waals surface area contributed by atoms with Gasteiger partial charge in [-0.1, -0.05) is 0 Å². The minimum absolute atomic E-state index is 0.215. The van der Waals surface area contributed by atoms with Crippen LogP contribution < -0.4 is 0 Å². The molecule has 0 spiro atoms. The molecule has 0 aliphatic heterocycles.